The van der Waals surface area contributed by atoms with Crippen LogP contribution in [0.5, 0.6) is 0 Å². The first-order valence-electron chi connectivity index (χ1n) is 6.96. The monoisotopic (exact) mass is 309 g/mol. The Morgan fingerprint density at radius 1 is 1.09 bits per heavy atom. The summed E-state index contributed by atoms with van der Waals surface area (Å²) in [5, 5.41) is 2.90. The predicted octanol–water partition coefficient (Wildman–Crippen LogP) is 3.06. The zero-order valence-corrected chi connectivity index (χ0v) is 12.7. The number of pyridine rings is 1. The molecule has 3 aromatic rings. The minimum atomic E-state index is -0.0260. The molecular weight excluding hydrogens is 294 g/mol. The van der Waals surface area contributed by atoms with Gasteiger partial charge in [-0.3, -0.25) is 14.8 Å². The SMILES string of the molecule is O=C(Cc1ccc(-c2cncs2)cn1)NCc1ccccc1. The Balaban J connectivity index is 1.55. The molecule has 4 nitrogen and oxygen atoms in total. The Labute approximate surface area is 132 Å². The van der Waals surface area contributed by atoms with Crippen LogP contribution in [0.1, 0.15) is 11.3 Å². The summed E-state index contributed by atoms with van der Waals surface area (Å²) < 4.78 is 0. The van der Waals surface area contributed by atoms with Gasteiger partial charge < -0.3 is 5.32 Å². The second-order valence-electron chi connectivity index (χ2n) is 4.84. The van der Waals surface area contributed by atoms with E-state index < -0.39 is 0 Å². The number of carbonyl (C=O) groups is 1. The molecule has 22 heavy (non-hydrogen) atoms. The minimum absolute atomic E-state index is 0.0260. The van der Waals surface area contributed by atoms with Crippen LogP contribution >= 0.6 is 11.3 Å². The van der Waals surface area contributed by atoms with Crippen LogP contribution in [0.15, 0.2) is 60.4 Å². The van der Waals surface area contributed by atoms with Crippen LogP contribution < -0.4 is 5.32 Å². The van der Waals surface area contributed by atoms with Gasteiger partial charge in [0.15, 0.2) is 0 Å². The fourth-order valence-electron chi connectivity index (χ4n) is 2.06. The standard InChI is InChI=1S/C17H15N3OS/c21-17(20-9-13-4-2-1-3-5-13)8-15-7-6-14(10-19-15)16-11-18-12-22-16/h1-7,10-12H,8-9H2,(H,20,21). The molecule has 0 atom stereocenters. The number of nitrogens with one attached hydrogen (secondary N) is 1. The zero-order valence-electron chi connectivity index (χ0n) is 11.9. The van der Waals surface area contributed by atoms with E-state index in [4.69, 9.17) is 0 Å². The van der Waals surface area contributed by atoms with Gasteiger partial charge in [-0.2, -0.15) is 0 Å². The molecule has 0 saturated carbocycles. The minimum Gasteiger partial charge on any atom is -0.352 e. The fourth-order valence-corrected chi connectivity index (χ4v) is 2.67. The molecule has 1 amide bonds. The summed E-state index contributed by atoms with van der Waals surface area (Å²) in [6, 6.07) is 13.7. The van der Waals surface area contributed by atoms with Crippen molar-refractivity contribution in [1.82, 2.24) is 15.3 Å². The first-order chi connectivity index (χ1) is 10.8. The molecule has 3 rings (SSSR count). The molecule has 0 radical (unpaired) electrons. The van der Waals surface area contributed by atoms with E-state index in [-0.39, 0.29) is 12.3 Å². The molecule has 5 heteroatoms. The molecule has 0 bridgehead atoms. The van der Waals surface area contributed by atoms with Crippen LogP contribution in [0.2, 0.25) is 0 Å². The van der Waals surface area contributed by atoms with Crippen LogP contribution in [-0.4, -0.2) is 15.9 Å². The average molecular weight is 309 g/mol. The van der Waals surface area contributed by atoms with Crippen LogP contribution in [0.4, 0.5) is 0 Å². The Hall–Kier alpha value is -2.53. The summed E-state index contributed by atoms with van der Waals surface area (Å²) in [5.74, 6) is -0.0260. The van der Waals surface area contributed by atoms with E-state index in [1.807, 2.05) is 48.7 Å². The smallest absolute Gasteiger partial charge is 0.226 e. The van der Waals surface area contributed by atoms with Gasteiger partial charge in [0.25, 0.3) is 0 Å². The average Bonchev–Trinajstić information content (AvgIpc) is 3.09. The number of nitrogens with zero attached hydrogens (tertiary/aromatic N) is 2. The lowest BCUT2D eigenvalue weighted by atomic mass is 10.2. The molecule has 0 aliphatic heterocycles. The second kappa shape index (κ2) is 6.95. The van der Waals surface area contributed by atoms with Crippen LogP contribution in [0.3, 0.4) is 0 Å². The van der Waals surface area contributed by atoms with Crippen LogP contribution in [0, 0.1) is 0 Å². The van der Waals surface area contributed by atoms with E-state index in [0.717, 1.165) is 21.7 Å². The highest BCUT2D eigenvalue weighted by atomic mass is 32.1. The third-order valence-corrected chi connectivity index (χ3v) is 4.04. The number of carbonyl (C=O) groups excluding carboxylic acids is 1. The maximum absolute atomic E-state index is 11.9. The van der Waals surface area contributed by atoms with Gasteiger partial charge in [0.2, 0.25) is 5.91 Å². The molecule has 0 fully saturated rings. The Morgan fingerprint density at radius 3 is 2.64 bits per heavy atom. The largest absolute Gasteiger partial charge is 0.352 e. The molecule has 1 aromatic carbocycles. The van der Waals surface area contributed by atoms with Gasteiger partial charge >= 0.3 is 0 Å². The number of thiazole rings is 1. The summed E-state index contributed by atoms with van der Waals surface area (Å²) in [4.78, 5) is 21.4. The van der Waals surface area contributed by atoms with Crippen molar-refractivity contribution < 1.29 is 4.79 Å². The first kappa shape index (κ1) is 14.4. The second-order valence-corrected chi connectivity index (χ2v) is 5.73. The topological polar surface area (TPSA) is 54.9 Å². The van der Waals surface area contributed by atoms with Gasteiger partial charge in [0, 0.05) is 30.2 Å². The van der Waals surface area contributed by atoms with E-state index in [1.165, 1.54) is 0 Å². The molecule has 1 N–H and O–H groups in total. The van der Waals surface area contributed by atoms with Crippen molar-refractivity contribution in [1.29, 1.82) is 0 Å². The highest BCUT2D eigenvalue weighted by molar-refractivity contribution is 7.13. The molecule has 0 aliphatic rings. The predicted molar refractivity (Wildman–Crippen MR) is 87.3 cm³/mol. The van der Waals surface area contributed by atoms with E-state index in [9.17, 15) is 4.79 Å². The molecule has 0 saturated heterocycles. The van der Waals surface area contributed by atoms with Gasteiger partial charge in [-0.1, -0.05) is 36.4 Å². The lowest BCUT2D eigenvalue weighted by Crippen LogP contribution is -2.24. The number of amides is 1. The molecule has 0 aliphatic carbocycles. The fraction of sp³-hybridized carbons (Fsp3) is 0.118. The quantitative estimate of drug-likeness (QED) is 0.788. The van der Waals surface area contributed by atoms with Crippen LogP contribution in [0.25, 0.3) is 10.4 Å². The zero-order chi connectivity index (χ0) is 15.2. The molecule has 0 unspecified atom stereocenters. The van der Waals surface area contributed by atoms with Crippen molar-refractivity contribution in [3.8, 4) is 10.4 Å². The number of benzene rings is 1. The maximum Gasteiger partial charge on any atom is 0.226 e. The maximum atomic E-state index is 11.9. The molecular formula is C17H15N3OS. The highest BCUT2D eigenvalue weighted by Crippen LogP contribution is 2.22. The van der Waals surface area contributed by atoms with Crippen molar-refractivity contribution in [2.45, 2.75) is 13.0 Å². The third kappa shape index (κ3) is 3.77. The summed E-state index contributed by atoms with van der Waals surface area (Å²) >= 11 is 1.57. The Morgan fingerprint density at radius 2 is 1.95 bits per heavy atom. The van der Waals surface area contributed by atoms with Gasteiger partial charge in [-0.15, -0.1) is 11.3 Å². The number of aromatic nitrogens is 2. The summed E-state index contributed by atoms with van der Waals surface area (Å²) in [6.07, 6.45) is 3.89. The number of hydrogen-bond acceptors (Lipinski definition) is 4. The number of rotatable bonds is 5. The number of hydrogen-bond donors (Lipinski definition) is 1. The van der Waals surface area contributed by atoms with E-state index in [0.29, 0.717) is 6.54 Å². The van der Waals surface area contributed by atoms with Crippen LogP contribution in [-0.2, 0) is 17.8 Å². The lowest BCUT2D eigenvalue weighted by molar-refractivity contribution is -0.120. The Bertz CT molecular complexity index is 724. The lowest BCUT2D eigenvalue weighted by Gasteiger charge is -2.05. The van der Waals surface area contributed by atoms with Crippen molar-refractivity contribution >= 4 is 17.2 Å². The highest BCUT2D eigenvalue weighted by Gasteiger charge is 2.06. The van der Waals surface area contributed by atoms with Crippen molar-refractivity contribution in [3.05, 3.63) is 71.6 Å². The summed E-state index contributed by atoms with van der Waals surface area (Å²) in [5.41, 5.74) is 4.67. The van der Waals surface area contributed by atoms with E-state index >= 15 is 0 Å². The van der Waals surface area contributed by atoms with Gasteiger partial charge in [-0.25, -0.2) is 0 Å². The van der Waals surface area contributed by atoms with Crippen molar-refractivity contribution in [2.24, 2.45) is 0 Å². The van der Waals surface area contributed by atoms with Gasteiger partial charge in [0.1, 0.15) is 0 Å². The van der Waals surface area contributed by atoms with E-state index in [1.54, 1.807) is 23.0 Å². The van der Waals surface area contributed by atoms with Crippen molar-refractivity contribution in [2.75, 3.05) is 0 Å². The third-order valence-electron chi connectivity index (χ3n) is 3.22. The molecule has 110 valence electrons. The van der Waals surface area contributed by atoms with Gasteiger partial charge in [0.05, 0.1) is 16.8 Å². The molecule has 2 aromatic heterocycles. The normalized spacial score (nSPS) is 10.4. The molecule has 2 heterocycles. The van der Waals surface area contributed by atoms with Crippen molar-refractivity contribution in [3.63, 3.8) is 0 Å². The summed E-state index contributed by atoms with van der Waals surface area (Å²) in [7, 11) is 0. The summed E-state index contributed by atoms with van der Waals surface area (Å²) in [6.45, 7) is 0.540. The molecule has 0 spiro atoms. The van der Waals surface area contributed by atoms with E-state index in [2.05, 4.69) is 15.3 Å². The first-order valence-corrected chi connectivity index (χ1v) is 7.83. The Kier molecular flexibility index (Phi) is 4.56. The van der Waals surface area contributed by atoms with Gasteiger partial charge in [-0.05, 0) is 11.6 Å².